The number of carbonyl (C=O) groups excluding carboxylic acids is 1. The van der Waals surface area contributed by atoms with E-state index in [-0.39, 0.29) is 42.2 Å². The highest BCUT2D eigenvalue weighted by molar-refractivity contribution is 14.0. The molecule has 1 atom stereocenters. The largest absolute Gasteiger partial charge is 0.497 e. The Hall–Kier alpha value is -1.79. The van der Waals surface area contributed by atoms with Gasteiger partial charge >= 0.3 is 6.09 Å². The van der Waals surface area contributed by atoms with Crippen molar-refractivity contribution in [3.8, 4) is 5.75 Å². The van der Waals surface area contributed by atoms with Gasteiger partial charge in [-0.05, 0) is 37.5 Å². The summed E-state index contributed by atoms with van der Waals surface area (Å²) in [4.78, 5) is 20.6. The number of carbonyl (C=O) groups is 1. The van der Waals surface area contributed by atoms with E-state index in [1.54, 1.807) is 19.1 Å². The maximum Gasteiger partial charge on any atom is 0.409 e. The SMILES string of the molecule is CCOC(=O)N1CCC(NC(=NC)NCC(c2ccc(OC)cc2)N2CCOCC2)CC1.I. The van der Waals surface area contributed by atoms with Gasteiger partial charge in [0.15, 0.2) is 5.96 Å². The third-order valence-electron chi connectivity index (χ3n) is 6.04. The summed E-state index contributed by atoms with van der Waals surface area (Å²) in [6, 6.07) is 8.74. The standard InChI is InChI=1S/C23H37N5O4.HI/c1-4-32-23(29)28-11-9-19(10-12-28)26-22(24-2)25-17-21(27-13-15-31-16-14-27)18-5-7-20(30-3)8-6-18;/h5-8,19,21H,4,9-17H2,1-3H3,(H2,24,25,26);1H. The summed E-state index contributed by atoms with van der Waals surface area (Å²) in [7, 11) is 3.48. The quantitative estimate of drug-likeness (QED) is 0.294. The molecule has 33 heavy (non-hydrogen) atoms. The van der Waals surface area contributed by atoms with Gasteiger partial charge < -0.3 is 29.7 Å². The second kappa shape index (κ2) is 14.5. The summed E-state index contributed by atoms with van der Waals surface area (Å²) in [6.45, 7) is 7.65. The minimum absolute atomic E-state index is 0. The number of ether oxygens (including phenoxy) is 3. The molecule has 1 aromatic rings. The predicted molar refractivity (Wildman–Crippen MR) is 140 cm³/mol. The zero-order valence-electron chi connectivity index (χ0n) is 19.9. The fourth-order valence-electron chi connectivity index (χ4n) is 4.18. The van der Waals surface area contributed by atoms with Crippen molar-refractivity contribution in [3.63, 3.8) is 0 Å². The molecule has 3 rings (SSSR count). The topological polar surface area (TPSA) is 87.7 Å². The van der Waals surface area contributed by atoms with Crippen molar-refractivity contribution < 1.29 is 19.0 Å². The molecule has 10 heteroatoms. The summed E-state index contributed by atoms with van der Waals surface area (Å²) in [6.07, 6.45) is 1.51. The van der Waals surface area contributed by atoms with Gasteiger partial charge in [0.2, 0.25) is 0 Å². The van der Waals surface area contributed by atoms with Gasteiger partial charge in [0, 0.05) is 45.8 Å². The minimum Gasteiger partial charge on any atom is -0.497 e. The number of guanidine groups is 1. The van der Waals surface area contributed by atoms with Crippen LogP contribution in [-0.2, 0) is 9.47 Å². The van der Waals surface area contributed by atoms with E-state index in [9.17, 15) is 4.79 Å². The molecule has 2 fully saturated rings. The van der Waals surface area contributed by atoms with Crippen molar-refractivity contribution in [3.05, 3.63) is 29.8 Å². The number of benzene rings is 1. The van der Waals surface area contributed by atoms with E-state index in [2.05, 4.69) is 32.7 Å². The van der Waals surface area contributed by atoms with E-state index in [0.717, 1.165) is 57.4 Å². The molecule has 2 aliphatic heterocycles. The van der Waals surface area contributed by atoms with Gasteiger partial charge in [-0.3, -0.25) is 9.89 Å². The smallest absolute Gasteiger partial charge is 0.409 e. The maximum absolute atomic E-state index is 11.9. The van der Waals surface area contributed by atoms with Crippen LogP contribution in [0.3, 0.4) is 0 Å². The molecule has 0 aliphatic carbocycles. The lowest BCUT2D eigenvalue weighted by Crippen LogP contribution is -2.51. The first-order chi connectivity index (χ1) is 15.6. The van der Waals surface area contributed by atoms with Crippen LogP contribution >= 0.6 is 24.0 Å². The number of likely N-dealkylation sites (tertiary alicyclic amines) is 1. The predicted octanol–water partition coefficient (Wildman–Crippen LogP) is 2.47. The molecular formula is C23H38IN5O4. The molecular weight excluding hydrogens is 537 g/mol. The molecule has 0 spiro atoms. The molecule has 1 amide bonds. The minimum atomic E-state index is -0.221. The molecule has 2 heterocycles. The fraction of sp³-hybridized carbons (Fsp3) is 0.652. The Balaban J connectivity index is 0.00000385. The van der Waals surface area contributed by atoms with Crippen LogP contribution in [0.1, 0.15) is 31.4 Å². The Kier molecular flexibility index (Phi) is 12.0. The van der Waals surface area contributed by atoms with Gasteiger partial charge in [-0.2, -0.15) is 0 Å². The van der Waals surface area contributed by atoms with Gasteiger partial charge in [-0.15, -0.1) is 24.0 Å². The maximum atomic E-state index is 11.9. The number of halogens is 1. The van der Waals surface area contributed by atoms with Crippen molar-refractivity contribution in [1.82, 2.24) is 20.4 Å². The number of hydrogen-bond donors (Lipinski definition) is 2. The summed E-state index contributed by atoms with van der Waals surface area (Å²) < 4.78 is 16.0. The van der Waals surface area contributed by atoms with Crippen LogP contribution in [-0.4, -0.2) is 94.6 Å². The van der Waals surface area contributed by atoms with Crippen molar-refractivity contribution in [2.24, 2.45) is 4.99 Å². The average Bonchev–Trinajstić information content (AvgIpc) is 2.85. The molecule has 186 valence electrons. The van der Waals surface area contributed by atoms with Crippen LogP contribution in [0.5, 0.6) is 5.75 Å². The Morgan fingerprint density at radius 1 is 1.18 bits per heavy atom. The van der Waals surface area contributed by atoms with Gasteiger partial charge in [0.25, 0.3) is 0 Å². The molecule has 1 aromatic carbocycles. The normalized spacial score (nSPS) is 18.8. The molecule has 1 unspecified atom stereocenters. The zero-order chi connectivity index (χ0) is 22.8. The third-order valence-corrected chi connectivity index (χ3v) is 6.04. The molecule has 2 N–H and O–H groups in total. The first-order valence-electron chi connectivity index (χ1n) is 11.5. The molecule has 2 aliphatic rings. The van der Waals surface area contributed by atoms with Crippen molar-refractivity contribution in [2.45, 2.75) is 31.8 Å². The first kappa shape index (κ1) is 27.5. The van der Waals surface area contributed by atoms with Crippen molar-refractivity contribution >= 4 is 36.0 Å². The number of piperidine rings is 1. The van der Waals surface area contributed by atoms with E-state index in [0.29, 0.717) is 19.7 Å². The molecule has 9 nitrogen and oxygen atoms in total. The summed E-state index contributed by atoms with van der Waals surface area (Å²) >= 11 is 0. The van der Waals surface area contributed by atoms with Gasteiger partial charge in [-0.25, -0.2) is 4.79 Å². The Labute approximate surface area is 214 Å². The highest BCUT2D eigenvalue weighted by Gasteiger charge is 2.26. The lowest BCUT2D eigenvalue weighted by Gasteiger charge is -2.36. The Morgan fingerprint density at radius 3 is 2.42 bits per heavy atom. The average molecular weight is 575 g/mol. The van der Waals surface area contributed by atoms with Crippen molar-refractivity contribution in [2.75, 3.05) is 66.7 Å². The third kappa shape index (κ3) is 8.18. The van der Waals surface area contributed by atoms with Crippen LogP contribution in [0.4, 0.5) is 4.79 Å². The lowest BCUT2D eigenvalue weighted by molar-refractivity contribution is 0.0170. The summed E-state index contributed by atoms with van der Waals surface area (Å²) in [5.74, 6) is 1.64. The molecule has 0 saturated carbocycles. The van der Waals surface area contributed by atoms with Crippen LogP contribution < -0.4 is 15.4 Å². The van der Waals surface area contributed by atoms with E-state index < -0.39 is 0 Å². The van der Waals surface area contributed by atoms with E-state index in [4.69, 9.17) is 14.2 Å². The Bertz CT molecular complexity index is 735. The first-order valence-corrected chi connectivity index (χ1v) is 11.5. The van der Waals surface area contributed by atoms with Gasteiger partial charge in [-0.1, -0.05) is 12.1 Å². The fourth-order valence-corrected chi connectivity index (χ4v) is 4.18. The van der Waals surface area contributed by atoms with E-state index >= 15 is 0 Å². The van der Waals surface area contributed by atoms with Crippen LogP contribution in [0.25, 0.3) is 0 Å². The van der Waals surface area contributed by atoms with Crippen LogP contribution in [0.15, 0.2) is 29.3 Å². The van der Waals surface area contributed by atoms with Gasteiger partial charge in [0.1, 0.15) is 5.75 Å². The number of aliphatic imine (C=N–C) groups is 1. The van der Waals surface area contributed by atoms with Crippen LogP contribution in [0.2, 0.25) is 0 Å². The van der Waals surface area contributed by atoms with E-state index in [1.807, 2.05) is 19.1 Å². The lowest BCUT2D eigenvalue weighted by atomic mass is 10.0. The molecule has 0 bridgehead atoms. The molecule has 2 saturated heterocycles. The monoisotopic (exact) mass is 575 g/mol. The number of methoxy groups -OCH3 is 1. The zero-order valence-corrected chi connectivity index (χ0v) is 22.2. The number of nitrogens with one attached hydrogen (secondary N) is 2. The Morgan fingerprint density at radius 2 is 1.85 bits per heavy atom. The van der Waals surface area contributed by atoms with Gasteiger partial charge in [0.05, 0.1) is 33.0 Å². The molecule has 0 aromatic heterocycles. The highest BCUT2D eigenvalue weighted by atomic mass is 127. The molecule has 0 radical (unpaired) electrons. The number of amides is 1. The second-order valence-corrected chi connectivity index (χ2v) is 7.99. The van der Waals surface area contributed by atoms with E-state index in [1.165, 1.54) is 5.56 Å². The summed E-state index contributed by atoms with van der Waals surface area (Å²) in [5.41, 5.74) is 1.23. The highest BCUT2D eigenvalue weighted by Crippen LogP contribution is 2.23. The van der Waals surface area contributed by atoms with Crippen molar-refractivity contribution in [1.29, 1.82) is 0 Å². The number of nitrogens with zero attached hydrogens (tertiary/aromatic N) is 3. The number of hydrogen-bond acceptors (Lipinski definition) is 6. The number of rotatable bonds is 7. The van der Waals surface area contributed by atoms with Crippen LogP contribution in [0, 0.1) is 0 Å². The second-order valence-electron chi connectivity index (χ2n) is 7.99. The summed E-state index contributed by atoms with van der Waals surface area (Å²) in [5, 5.41) is 7.04. The number of morpholine rings is 1.